The van der Waals surface area contributed by atoms with Gasteiger partial charge in [0.15, 0.2) is 5.75 Å². The summed E-state index contributed by atoms with van der Waals surface area (Å²) < 4.78 is 71.3. The number of halogens is 4. The minimum atomic E-state index is -5.02. The summed E-state index contributed by atoms with van der Waals surface area (Å²) in [7, 11) is -4.22. The number of alkyl halides is 3. The van der Waals surface area contributed by atoms with Gasteiger partial charge in [-0.1, -0.05) is 46.3 Å². The molecule has 250 valence electrons. The molecule has 2 aliphatic rings. The Bertz CT molecular complexity index is 1780. The highest BCUT2D eigenvalue weighted by Gasteiger charge is 2.34. The lowest BCUT2D eigenvalue weighted by atomic mass is 9.82. The molecule has 6 rings (SSSR count). The second-order valence-electron chi connectivity index (χ2n) is 12.0. The van der Waals surface area contributed by atoms with Crippen LogP contribution in [0.25, 0.3) is 10.9 Å². The third-order valence-electron chi connectivity index (χ3n) is 8.78. The molecule has 0 bridgehead atoms. The predicted molar refractivity (Wildman–Crippen MR) is 180 cm³/mol. The number of para-hydroxylation sites is 2. The van der Waals surface area contributed by atoms with Crippen LogP contribution >= 0.6 is 15.9 Å². The zero-order valence-electron chi connectivity index (χ0n) is 25.6. The van der Waals surface area contributed by atoms with Gasteiger partial charge in [0.25, 0.3) is 0 Å². The van der Waals surface area contributed by atoms with Gasteiger partial charge in [0.05, 0.1) is 5.52 Å². The van der Waals surface area contributed by atoms with Gasteiger partial charge in [-0.05, 0) is 80.0 Å². The molecule has 14 heteroatoms. The van der Waals surface area contributed by atoms with E-state index in [9.17, 15) is 21.6 Å². The summed E-state index contributed by atoms with van der Waals surface area (Å²) in [5, 5.41) is 4.48. The van der Waals surface area contributed by atoms with E-state index in [0.29, 0.717) is 18.4 Å². The van der Waals surface area contributed by atoms with Crippen LogP contribution in [-0.2, 0) is 10.0 Å². The Morgan fingerprint density at radius 3 is 2.17 bits per heavy atom. The summed E-state index contributed by atoms with van der Waals surface area (Å²) in [5.74, 6) is 1.17. The maximum atomic E-state index is 12.9. The molecule has 1 saturated heterocycles. The Hall–Kier alpha value is -3.62. The molecule has 0 unspecified atom stereocenters. The fraction of sp³-hybridized carbons (Fsp3) is 0.394. The number of hydrogen-bond acceptors (Lipinski definition) is 8. The molecule has 0 radical (unpaired) electrons. The zero-order chi connectivity index (χ0) is 33.0. The first-order chi connectivity index (χ1) is 22.5. The molecule has 0 atom stereocenters. The first-order valence-electron chi connectivity index (χ1n) is 15.6. The van der Waals surface area contributed by atoms with Crippen molar-refractivity contribution in [1.82, 2.24) is 14.7 Å². The summed E-state index contributed by atoms with van der Waals surface area (Å²) in [6.07, 6.45) is -1.69. The Balaban J connectivity index is 1.03. The smallest absolute Gasteiger partial charge is 0.404 e. The molecule has 4 aromatic rings. The Morgan fingerprint density at radius 2 is 1.47 bits per heavy atom. The van der Waals surface area contributed by atoms with E-state index in [-0.39, 0.29) is 16.9 Å². The summed E-state index contributed by atoms with van der Waals surface area (Å²) >= 11 is 3.07. The van der Waals surface area contributed by atoms with Crippen molar-refractivity contribution >= 4 is 54.3 Å². The third-order valence-corrected chi connectivity index (χ3v) is 10.7. The van der Waals surface area contributed by atoms with Gasteiger partial charge >= 0.3 is 6.36 Å². The fourth-order valence-electron chi connectivity index (χ4n) is 6.28. The van der Waals surface area contributed by atoms with E-state index in [1.54, 1.807) is 0 Å². The second kappa shape index (κ2) is 14.2. The van der Waals surface area contributed by atoms with Crippen molar-refractivity contribution < 1.29 is 26.3 Å². The summed E-state index contributed by atoms with van der Waals surface area (Å²) in [6.45, 7) is 4.32. The van der Waals surface area contributed by atoms with E-state index in [1.165, 1.54) is 11.8 Å². The van der Waals surface area contributed by atoms with Crippen molar-refractivity contribution in [3.8, 4) is 5.75 Å². The standard InChI is InChI=1S/C33H36BrF3N6O3S/c34-25-14-15-30(29(20-25)46-33(35,36)37)47(44,45)39-22-24-12-10-23(11-13-24)21-38-32-40-28-9-5-4-8-27(28)31(41-32)43-18-16-42(17-19-43)26-6-2-1-3-7-26/h1-9,14-15,20,23-24,39H,10-13,16-19,21-22H2,(H,38,40,41)/t23-,24-. The van der Waals surface area contributed by atoms with E-state index in [2.05, 4.69) is 70.8 Å². The van der Waals surface area contributed by atoms with Crippen LogP contribution in [-0.4, -0.2) is 64.0 Å². The summed E-state index contributed by atoms with van der Waals surface area (Å²) in [6, 6.07) is 21.9. The van der Waals surface area contributed by atoms with Crippen LogP contribution < -0.4 is 24.6 Å². The van der Waals surface area contributed by atoms with Gasteiger partial charge in [-0.25, -0.2) is 18.1 Å². The maximum Gasteiger partial charge on any atom is 0.573 e. The molecule has 2 fully saturated rings. The largest absolute Gasteiger partial charge is 0.573 e. The number of aromatic nitrogens is 2. The van der Waals surface area contributed by atoms with E-state index in [4.69, 9.17) is 9.97 Å². The molecule has 2 N–H and O–H groups in total. The molecule has 0 spiro atoms. The average Bonchev–Trinajstić information content (AvgIpc) is 3.06. The Kier molecular flexibility index (Phi) is 10.1. The van der Waals surface area contributed by atoms with Crippen LogP contribution in [0, 0.1) is 11.8 Å². The van der Waals surface area contributed by atoms with Gasteiger partial charge < -0.3 is 19.9 Å². The van der Waals surface area contributed by atoms with Gasteiger partial charge in [0, 0.05) is 54.8 Å². The predicted octanol–water partition coefficient (Wildman–Crippen LogP) is 6.81. The minimum absolute atomic E-state index is 0.0709. The number of hydrogen-bond donors (Lipinski definition) is 2. The SMILES string of the molecule is O=S(=O)(NC[C@H]1CC[C@H](CNc2nc(N3CCN(c4ccccc4)CC3)c3ccccc3n2)CC1)c1ccc(Br)cc1OC(F)(F)F. The van der Waals surface area contributed by atoms with Crippen molar-refractivity contribution in [2.75, 3.05) is 54.4 Å². The summed E-state index contributed by atoms with van der Waals surface area (Å²) in [4.78, 5) is 13.9. The van der Waals surface area contributed by atoms with Gasteiger partial charge in [0.2, 0.25) is 16.0 Å². The topological polar surface area (TPSA) is 99.7 Å². The molecule has 0 amide bonds. The van der Waals surface area contributed by atoms with Crippen molar-refractivity contribution in [2.24, 2.45) is 11.8 Å². The van der Waals surface area contributed by atoms with Crippen LogP contribution in [0.15, 0.2) is 82.2 Å². The monoisotopic (exact) mass is 732 g/mol. The number of nitrogens with zero attached hydrogens (tertiary/aromatic N) is 4. The number of sulfonamides is 1. The molecule has 2 heterocycles. The molecule has 1 aliphatic heterocycles. The van der Waals surface area contributed by atoms with Crippen LogP contribution in [0.3, 0.4) is 0 Å². The number of piperazine rings is 1. The van der Waals surface area contributed by atoms with Crippen LogP contribution in [0.2, 0.25) is 0 Å². The number of benzene rings is 3. The molecule has 1 aromatic heterocycles. The van der Waals surface area contributed by atoms with E-state index in [1.807, 2.05) is 24.3 Å². The van der Waals surface area contributed by atoms with Crippen LogP contribution in [0.5, 0.6) is 5.75 Å². The van der Waals surface area contributed by atoms with Crippen LogP contribution in [0.4, 0.5) is 30.6 Å². The first kappa shape index (κ1) is 33.3. The third kappa shape index (κ3) is 8.46. The fourth-order valence-corrected chi connectivity index (χ4v) is 7.85. The van der Waals surface area contributed by atoms with Gasteiger partial charge in [-0.15, -0.1) is 13.2 Å². The first-order valence-corrected chi connectivity index (χ1v) is 17.9. The number of anilines is 3. The minimum Gasteiger partial charge on any atom is -0.404 e. The second-order valence-corrected chi connectivity index (χ2v) is 14.6. The molecule has 3 aromatic carbocycles. The van der Waals surface area contributed by atoms with Gasteiger partial charge in [-0.3, -0.25) is 0 Å². The van der Waals surface area contributed by atoms with E-state index < -0.39 is 27.0 Å². The Labute approximate surface area is 280 Å². The average molecular weight is 734 g/mol. The molecular formula is C33H36BrF3N6O3S. The van der Waals surface area contributed by atoms with Crippen molar-refractivity contribution in [2.45, 2.75) is 36.9 Å². The van der Waals surface area contributed by atoms with E-state index in [0.717, 1.165) is 80.7 Å². The lowest BCUT2D eigenvalue weighted by Gasteiger charge is -2.37. The highest BCUT2D eigenvalue weighted by molar-refractivity contribution is 9.10. The molecule has 47 heavy (non-hydrogen) atoms. The van der Waals surface area contributed by atoms with Crippen LogP contribution in [0.1, 0.15) is 25.7 Å². The lowest BCUT2D eigenvalue weighted by molar-refractivity contribution is -0.275. The quantitative estimate of drug-likeness (QED) is 0.184. The number of fused-ring (bicyclic) bond motifs is 1. The lowest BCUT2D eigenvalue weighted by Crippen LogP contribution is -2.47. The summed E-state index contributed by atoms with van der Waals surface area (Å²) in [5.41, 5.74) is 2.11. The number of nitrogens with one attached hydrogen (secondary N) is 2. The van der Waals surface area contributed by atoms with E-state index >= 15 is 0 Å². The number of rotatable bonds is 10. The normalized spacial score (nSPS) is 19.1. The van der Waals surface area contributed by atoms with Gasteiger partial charge in [0.1, 0.15) is 10.7 Å². The van der Waals surface area contributed by atoms with Crippen molar-refractivity contribution in [3.63, 3.8) is 0 Å². The maximum absolute atomic E-state index is 12.9. The van der Waals surface area contributed by atoms with Crippen molar-refractivity contribution in [3.05, 3.63) is 77.3 Å². The molecular weight excluding hydrogens is 697 g/mol. The zero-order valence-corrected chi connectivity index (χ0v) is 28.0. The van der Waals surface area contributed by atoms with Crippen molar-refractivity contribution in [1.29, 1.82) is 0 Å². The highest BCUT2D eigenvalue weighted by Crippen LogP contribution is 2.34. The molecule has 1 saturated carbocycles. The van der Waals surface area contributed by atoms with Gasteiger partial charge in [-0.2, -0.15) is 4.98 Å². The highest BCUT2D eigenvalue weighted by atomic mass is 79.9. The number of ether oxygens (including phenoxy) is 1. The molecule has 1 aliphatic carbocycles. The molecule has 9 nitrogen and oxygen atoms in total. The Morgan fingerprint density at radius 1 is 0.830 bits per heavy atom.